The Morgan fingerprint density at radius 3 is 2.20 bits per heavy atom. The van der Waals surface area contributed by atoms with Gasteiger partial charge in [0.25, 0.3) is 11.8 Å². The fraction of sp³-hybridized carbons (Fsp3) is 0.320. The molecule has 2 aromatic carbocycles. The first kappa shape index (κ1) is 32.6. The lowest BCUT2D eigenvalue weighted by molar-refractivity contribution is -0.161. The lowest BCUT2D eigenvalue weighted by Crippen LogP contribution is -2.72. The van der Waals surface area contributed by atoms with Crippen molar-refractivity contribution in [2.24, 2.45) is 0 Å². The number of hydrogen-bond donors (Lipinski definition) is 1. The van der Waals surface area contributed by atoms with Crippen molar-refractivity contribution in [3.63, 3.8) is 0 Å². The van der Waals surface area contributed by atoms with Crippen LogP contribution in [0.2, 0.25) is 0 Å². The van der Waals surface area contributed by atoms with Crippen LogP contribution in [0.5, 0.6) is 5.75 Å². The molecule has 1 saturated heterocycles. The molecule has 1 fully saturated rings. The predicted octanol–water partition coefficient (Wildman–Crippen LogP) is 3.81. The molecule has 220 valence electrons. The third-order valence-electron chi connectivity index (χ3n) is 5.09. The number of carbonyl (C=O) groups is 5. The number of β-lactam (4-membered cyclic amide) rings is 1. The number of alkyl halides is 4. The van der Waals surface area contributed by atoms with Gasteiger partial charge in [-0.1, -0.05) is 107 Å². The summed E-state index contributed by atoms with van der Waals surface area (Å²) in [6.07, 6.45) is -1.28. The highest BCUT2D eigenvalue weighted by Crippen LogP contribution is 2.34. The molecule has 1 heterocycles. The van der Waals surface area contributed by atoms with Gasteiger partial charge in [0.1, 0.15) is 30.4 Å². The highest BCUT2D eigenvalue weighted by molar-refractivity contribution is 8.14. The number of nitrogens with one attached hydrogen (secondary N) is 1. The zero-order valence-corrected chi connectivity index (χ0v) is 24.7. The van der Waals surface area contributed by atoms with Crippen LogP contribution in [-0.2, 0) is 40.0 Å². The Morgan fingerprint density at radius 1 is 0.927 bits per heavy atom. The molecule has 1 N–H and O–H groups in total. The van der Waals surface area contributed by atoms with E-state index in [0.29, 0.717) is 23.1 Å². The number of likely N-dealkylation sites (tertiary alicyclic amines) is 1. The summed E-state index contributed by atoms with van der Waals surface area (Å²) >= 11 is 23.2. The Kier molecular flexibility index (Phi) is 12.2. The number of para-hydroxylation sites is 1. The van der Waals surface area contributed by atoms with Gasteiger partial charge in [-0.2, -0.15) is 0 Å². The molecule has 0 radical (unpaired) electrons. The van der Waals surface area contributed by atoms with Crippen LogP contribution in [0, 0.1) is 0 Å². The first-order valence-corrected chi connectivity index (χ1v) is 14.1. The first-order valence-electron chi connectivity index (χ1n) is 11.6. The van der Waals surface area contributed by atoms with E-state index in [1.54, 1.807) is 60.7 Å². The average Bonchev–Trinajstić information content (AvgIpc) is 2.95. The molecule has 0 spiro atoms. The van der Waals surface area contributed by atoms with E-state index < -0.39 is 69.6 Å². The van der Waals surface area contributed by atoms with Crippen LogP contribution < -0.4 is 10.1 Å². The van der Waals surface area contributed by atoms with Crippen LogP contribution >= 0.6 is 58.2 Å². The van der Waals surface area contributed by atoms with Crippen molar-refractivity contribution in [1.29, 1.82) is 0 Å². The number of thioether (sulfide) groups is 1. The van der Waals surface area contributed by atoms with Gasteiger partial charge >= 0.3 is 12.1 Å². The van der Waals surface area contributed by atoms with Crippen molar-refractivity contribution in [3.05, 3.63) is 66.2 Å². The van der Waals surface area contributed by atoms with Crippen LogP contribution in [0.4, 0.5) is 4.79 Å². The van der Waals surface area contributed by atoms with E-state index in [9.17, 15) is 24.0 Å². The van der Waals surface area contributed by atoms with Crippen molar-refractivity contribution >= 4 is 87.2 Å². The number of hydrogen-bond acceptors (Lipinski definition) is 10. The zero-order valence-electron chi connectivity index (χ0n) is 20.9. The lowest BCUT2D eigenvalue weighted by Gasteiger charge is -2.47. The van der Waals surface area contributed by atoms with Crippen LogP contribution in [0.3, 0.4) is 0 Å². The quantitative estimate of drug-likeness (QED) is 0.154. The number of rotatable bonds is 12. The maximum atomic E-state index is 12.9. The van der Waals surface area contributed by atoms with Gasteiger partial charge in [-0.3, -0.25) is 19.3 Å². The second kappa shape index (κ2) is 15.4. The summed E-state index contributed by atoms with van der Waals surface area (Å²) in [6.45, 7) is -1.96. The number of esters is 1. The van der Waals surface area contributed by atoms with Gasteiger partial charge in [-0.05, 0) is 17.7 Å². The molecule has 2 amide bonds. The van der Waals surface area contributed by atoms with E-state index in [0.717, 1.165) is 4.90 Å². The van der Waals surface area contributed by atoms with Crippen LogP contribution in [-0.4, -0.2) is 74.5 Å². The summed E-state index contributed by atoms with van der Waals surface area (Å²) in [7, 11) is 0. The molecule has 1 aliphatic rings. The molecular weight excluding hydrogens is 646 g/mol. The standard InChI is InChI=1S/C25H22Cl4N2O9S/c26-20(23(35)38-11-15-7-3-1-4-8-15)31-21(34)19(30-17(32)12-37-16-9-5-2-6-10-16)22(31)41-18(33)13-39-24(36)40-14-25(27,28)29/h1-10,19-20,22H,11-14H2,(H,30,32)/t19-,20?,22-/m1/s1. The molecule has 1 aliphatic heterocycles. The number of ether oxygens (including phenoxy) is 4. The van der Waals surface area contributed by atoms with Crippen molar-refractivity contribution in [3.8, 4) is 5.75 Å². The van der Waals surface area contributed by atoms with Crippen molar-refractivity contribution < 1.29 is 42.9 Å². The van der Waals surface area contributed by atoms with Crippen molar-refractivity contribution in [2.75, 3.05) is 19.8 Å². The lowest BCUT2D eigenvalue weighted by atomic mass is 10.1. The number of halogens is 4. The fourth-order valence-corrected chi connectivity index (χ4v) is 4.81. The minimum atomic E-state index is -1.88. The summed E-state index contributed by atoms with van der Waals surface area (Å²) in [5.74, 6) is -1.95. The molecule has 11 nitrogen and oxygen atoms in total. The Morgan fingerprint density at radius 2 is 1.56 bits per heavy atom. The molecule has 16 heteroatoms. The Hall–Kier alpha value is -2.90. The van der Waals surface area contributed by atoms with Gasteiger partial charge in [0, 0.05) is 0 Å². The van der Waals surface area contributed by atoms with Crippen LogP contribution in [0.25, 0.3) is 0 Å². The maximum Gasteiger partial charge on any atom is 0.508 e. The number of benzene rings is 2. The van der Waals surface area contributed by atoms with E-state index in [1.807, 2.05) is 0 Å². The van der Waals surface area contributed by atoms with Gasteiger partial charge in [0.2, 0.25) is 14.4 Å². The van der Waals surface area contributed by atoms with Gasteiger partial charge in [-0.15, -0.1) is 0 Å². The van der Waals surface area contributed by atoms with Crippen molar-refractivity contribution in [2.45, 2.75) is 27.3 Å². The number of carbonyl (C=O) groups excluding carboxylic acids is 5. The highest BCUT2D eigenvalue weighted by atomic mass is 35.6. The van der Waals surface area contributed by atoms with Crippen molar-refractivity contribution in [1.82, 2.24) is 10.2 Å². The Bertz CT molecular complexity index is 1230. The highest BCUT2D eigenvalue weighted by Gasteiger charge is 2.54. The fourth-order valence-electron chi connectivity index (χ4n) is 3.25. The second-order valence-corrected chi connectivity index (χ2v) is 12.2. The molecule has 1 unspecified atom stereocenters. The molecule has 2 aromatic rings. The number of amides is 2. The van der Waals surface area contributed by atoms with Gasteiger partial charge in [0.05, 0.1) is 0 Å². The summed E-state index contributed by atoms with van der Waals surface area (Å²) in [5, 5.41) is 0.546. The van der Waals surface area contributed by atoms with E-state index in [4.69, 9.17) is 55.9 Å². The summed E-state index contributed by atoms with van der Waals surface area (Å²) in [6, 6.07) is 16.0. The van der Waals surface area contributed by atoms with Gasteiger partial charge in [0.15, 0.2) is 13.2 Å². The van der Waals surface area contributed by atoms with E-state index in [-0.39, 0.29) is 6.61 Å². The average molecular weight is 668 g/mol. The summed E-state index contributed by atoms with van der Waals surface area (Å²) in [4.78, 5) is 63.2. The smallest absolute Gasteiger partial charge is 0.484 e. The predicted molar refractivity (Wildman–Crippen MR) is 151 cm³/mol. The van der Waals surface area contributed by atoms with Gasteiger partial charge < -0.3 is 24.3 Å². The number of nitrogens with zero attached hydrogens (tertiary/aromatic N) is 1. The normalized spacial score (nSPS) is 17.1. The molecular formula is C25H22Cl4N2O9S. The summed E-state index contributed by atoms with van der Waals surface area (Å²) in [5.41, 5.74) is -0.941. The third-order valence-corrected chi connectivity index (χ3v) is 6.92. The summed E-state index contributed by atoms with van der Waals surface area (Å²) < 4.78 is 18.0. The maximum absolute atomic E-state index is 12.9. The Balaban J connectivity index is 1.61. The Labute approximate surface area is 258 Å². The van der Waals surface area contributed by atoms with E-state index in [1.165, 1.54) is 0 Å². The molecule has 0 bridgehead atoms. The molecule has 0 aliphatic carbocycles. The third kappa shape index (κ3) is 10.5. The molecule has 0 aromatic heterocycles. The molecule has 3 rings (SSSR count). The van der Waals surface area contributed by atoms with Crippen LogP contribution in [0.15, 0.2) is 60.7 Å². The first-order chi connectivity index (χ1) is 19.4. The minimum Gasteiger partial charge on any atom is -0.484 e. The van der Waals surface area contributed by atoms with E-state index >= 15 is 0 Å². The minimum absolute atomic E-state index is 0.108. The zero-order chi connectivity index (χ0) is 30.0. The van der Waals surface area contributed by atoms with Crippen LogP contribution in [0.1, 0.15) is 5.56 Å². The monoisotopic (exact) mass is 666 g/mol. The second-order valence-electron chi connectivity index (χ2n) is 8.14. The molecule has 3 atom stereocenters. The molecule has 0 saturated carbocycles. The SMILES string of the molecule is O=C(COc1ccccc1)N[C@@H]1C(=O)N(C(Cl)C(=O)OCc2ccccc2)[C@@H]1SC(=O)COC(=O)OCC(Cl)(Cl)Cl. The topological polar surface area (TPSA) is 138 Å². The molecule has 41 heavy (non-hydrogen) atoms. The largest absolute Gasteiger partial charge is 0.508 e. The van der Waals surface area contributed by atoms with Gasteiger partial charge in [-0.25, -0.2) is 9.59 Å². The van der Waals surface area contributed by atoms with E-state index in [2.05, 4.69) is 14.8 Å².